The number of aromatic carboxylic acids is 2. The van der Waals surface area contributed by atoms with Gasteiger partial charge < -0.3 is 20.4 Å². The molecule has 0 unspecified atom stereocenters. The highest BCUT2D eigenvalue weighted by atomic mass is 16.4. The summed E-state index contributed by atoms with van der Waals surface area (Å²) in [6.45, 7) is 0. The van der Waals surface area contributed by atoms with E-state index < -0.39 is 29.3 Å². The summed E-state index contributed by atoms with van der Waals surface area (Å²) in [5.41, 5.74) is -1.53. The Kier molecular flexibility index (Phi) is 6.46. The fourth-order valence-electron chi connectivity index (χ4n) is 2.46. The molecule has 0 bridgehead atoms. The predicted molar refractivity (Wildman–Crippen MR) is 81.2 cm³/mol. The highest BCUT2D eigenvalue weighted by Crippen LogP contribution is 2.36. The van der Waals surface area contributed by atoms with Gasteiger partial charge in [0.25, 0.3) is 0 Å². The van der Waals surface area contributed by atoms with Crippen molar-refractivity contribution < 1.29 is 39.6 Å². The molecule has 0 heterocycles. The first-order chi connectivity index (χ1) is 11.2. The molecule has 0 radical (unpaired) electrons. The van der Waals surface area contributed by atoms with E-state index in [1.54, 1.807) is 0 Å². The van der Waals surface area contributed by atoms with Gasteiger partial charge in [-0.3, -0.25) is 9.59 Å². The van der Waals surface area contributed by atoms with E-state index in [1.165, 1.54) is 18.2 Å². The summed E-state index contributed by atoms with van der Waals surface area (Å²) >= 11 is 0. The quantitative estimate of drug-likeness (QED) is 0.610. The van der Waals surface area contributed by atoms with Crippen molar-refractivity contribution in [3.05, 3.63) is 35.4 Å². The number of benzene rings is 1. The lowest BCUT2D eigenvalue weighted by Crippen LogP contribution is -2.40. The molecule has 8 heteroatoms. The minimum atomic E-state index is -1.49. The van der Waals surface area contributed by atoms with Crippen LogP contribution in [0.1, 0.15) is 52.8 Å². The van der Waals surface area contributed by atoms with Crippen LogP contribution in [0, 0.1) is 5.41 Å². The molecule has 1 saturated carbocycles. The third-order valence-electron chi connectivity index (χ3n) is 3.88. The van der Waals surface area contributed by atoms with Gasteiger partial charge in [-0.05, 0) is 31.0 Å². The lowest BCUT2D eigenvalue weighted by atomic mass is 9.74. The van der Waals surface area contributed by atoms with Crippen LogP contribution in [-0.2, 0) is 9.59 Å². The van der Waals surface area contributed by atoms with Crippen LogP contribution in [0.4, 0.5) is 0 Å². The van der Waals surface area contributed by atoms with Crippen LogP contribution < -0.4 is 0 Å². The molecule has 1 aromatic carbocycles. The van der Waals surface area contributed by atoms with E-state index in [2.05, 4.69) is 0 Å². The minimum absolute atomic E-state index is 0.0186. The first kappa shape index (κ1) is 19.1. The van der Waals surface area contributed by atoms with Gasteiger partial charge in [0.15, 0.2) is 5.41 Å². The largest absolute Gasteiger partial charge is 0.480 e. The summed E-state index contributed by atoms with van der Waals surface area (Å²) in [6.07, 6.45) is 2.91. The van der Waals surface area contributed by atoms with Crippen LogP contribution >= 0.6 is 0 Å². The SMILES string of the molecule is O=C(O)C1(C(=O)O)CCCCC1.O=C(O)c1cccc(C(=O)O)c1. The number of rotatable bonds is 4. The summed E-state index contributed by atoms with van der Waals surface area (Å²) in [6, 6.07) is 5.20. The molecule has 8 nitrogen and oxygen atoms in total. The smallest absolute Gasteiger partial charge is 0.335 e. The molecular weight excluding hydrogens is 320 g/mol. The van der Waals surface area contributed by atoms with Gasteiger partial charge in [-0.1, -0.05) is 25.3 Å². The van der Waals surface area contributed by atoms with Crippen LogP contribution in [0.3, 0.4) is 0 Å². The summed E-state index contributed by atoms with van der Waals surface area (Å²) in [5.74, 6) is -4.62. The molecule has 1 aliphatic rings. The average molecular weight is 338 g/mol. The Morgan fingerprint density at radius 1 is 0.750 bits per heavy atom. The Morgan fingerprint density at radius 2 is 1.17 bits per heavy atom. The van der Waals surface area contributed by atoms with Gasteiger partial charge in [0.05, 0.1) is 11.1 Å². The van der Waals surface area contributed by atoms with Crippen LogP contribution in [0.15, 0.2) is 24.3 Å². The third kappa shape index (κ3) is 4.55. The molecular formula is C16H18O8. The maximum absolute atomic E-state index is 10.7. The Hall–Kier alpha value is -2.90. The lowest BCUT2D eigenvalue weighted by Gasteiger charge is -2.28. The Balaban J connectivity index is 0.000000240. The number of carboxylic acids is 4. The number of carbonyl (C=O) groups is 4. The van der Waals surface area contributed by atoms with Crippen LogP contribution in [0.2, 0.25) is 0 Å². The molecule has 1 aromatic rings. The molecule has 4 N–H and O–H groups in total. The molecule has 0 amide bonds. The first-order valence-electron chi connectivity index (χ1n) is 7.24. The Morgan fingerprint density at radius 3 is 1.46 bits per heavy atom. The first-order valence-corrected chi connectivity index (χ1v) is 7.24. The summed E-state index contributed by atoms with van der Waals surface area (Å²) < 4.78 is 0. The second-order valence-corrected chi connectivity index (χ2v) is 5.44. The van der Waals surface area contributed by atoms with Crippen LogP contribution in [-0.4, -0.2) is 44.3 Å². The second kappa shape index (κ2) is 8.09. The van der Waals surface area contributed by atoms with Gasteiger partial charge in [0.2, 0.25) is 0 Å². The van der Waals surface area contributed by atoms with Crippen molar-refractivity contribution in [1.29, 1.82) is 0 Å². The number of hydrogen-bond donors (Lipinski definition) is 4. The molecule has 1 fully saturated rings. The van der Waals surface area contributed by atoms with E-state index in [4.69, 9.17) is 20.4 Å². The summed E-state index contributed by atoms with van der Waals surface area (Å²) in [5, 5.41) is 34.6. The minimum Gasteiger partial charge on any atom is -0.480 e. The molecule has 0 spiro atoms. The number of carboxylic acid groups (broad SMARTS) is 4. The number of hydrogen-bond acceptors (Lipinski definition) is 4. The highest BCUT2D eigenvalue weighted by Gasteiger charge is 2.46. The average Bonchev–Trinajstić information content (AvgIpc) is 2.55. The van der Waals surface area contributed by atoms with Crippen molar-refractivity contribution in [3.63, 3.8) is 0 Å². The van der Waals surface area contributed by atoms with Crippen molar-refractivity contribution in [1.82, 2.24) is 0 Å². The van der Waals surface area contributed by atoms with E-state index in [9.17, 15) is 19.2 Å². The van der Waals surface area contributed by atoms with Crippen LogP contribution in [0.25, 0.3) is 0 Å². The zero-order chi connectivity index (χ0) is 18.3. The fourth-order valence-corrected chi connectivity index (χ4v) is 2.46. The molecule has 130 valence electrons. The Labute approximate surface area is 137 Å². The van der Waals surface area contributed by atoms with Gasteiger partial charge in [0.1, 0.15) is 0 Å². The van der Waals surface area contributed by atoms with Crippen molar-refractivity contribution in [2.75, 3.05) is 0 Å². The van der Waals surface area contributed by atoms with Crippen LogP contribution in [0.5, 0.6) is 0 Å². The monoisotopic (exact) mass is 338 g/mol. The molecule has 0 saturated heterocycles. The number of aliphatic carboxylic acids is 2. The van der Waals surface area contributed by atoms with E-state index in [0.29, 0.717) is 12.8 Å². The highest BCUT2D eigenvalue weighted by molar-refractivity contribution is 5.98. The molecule has 0 atom stereocenters. The van der Waals surface area contributed by atoms with Crippen molar-refractivity contribution in [2.24, 2.45) is 5.41 Å². The zero-order valence-electron chi connectivity index (χ0n) is 12.8. The van der Waals surface area contributed by atoms with Gasteiger partial charge >= 0.3 is 23.9 Å². The maximum atomic E-state index is 10.7. The van der Waals surface area contributed by atoms with E-state index in [-0.39, 0.29) is 24.0 Å². The van der Waals surface area contributed by atoms with E-state index >= 15 is 0 Å². The predicted octanol–water partition coefficient (Wildman–Crippen LogP) is 2.19. The molecule has 24 heavy (non-hydrogen) atoms. The zero-order valence-corrected chi connectivity index (χ0v) is 12.8. The summed E-state index contributed by atoms with van der Waals surface area (Å²) in [4.78, 5) is 42.2. The molecule has 0 aliphatic heterocycles. The second-order valence-electron chi connectivity index (χ2n) is 5.44. The third-order valence-corrected chi connectivity index (χ3v) is 3.88. The van der Waals surface area contributed by atoms with Gasteiger partial charge in [0, 0.05) is 0 Å². The van der Waals surface area contributed by atoms with Crippen molar-refractivity contribution in [2.45, 2.75) is 32.1 Å². The van der Waals surface area contributed by atoms with Gasteiger partial charge in [-0.15, -0.1) is 0 Å². The Bertz CT molecular complexity index is 598. The van der Waals surface area contributed by atoms with Gasteiger partial charge in [-0.2, -0.15) is 0 Å². The standard InChI is InChI=1S/C8H6O4.C8H12O4/c9-7(10)5-2-1-3-6(4-5)8(11)12;9-6(10)8(7(11)12)4-2-1-3-5-8/h1-4H,(H,9,10)(H,11,12);1-5H2,(H,9,10)(H,11,12). The maximum Gasteiger partial charge on any atom is 0.335 e. The van der Waals surface area contributed by atoms with E-state index in [1.807, 2.05) is 0 Å². The van der Waals surface area contributed by atoms with Crippen molar-refractivity contribution >= 4 is 23.9 Å². The van der Waals surface area contributed by atoms with Gasteiger partial charge in [-0.25, -0.2) is 9.59 Å². The normalized spacial score (nSPS) is 15.5. The molecule has 0 aromatic heterocycles. The lowest BCUT2D eigenvalue weighted by molar-refractivity contribution is -0.167. The fraction of sp³-hybridized carbons (Fsp3) is 0.375. The van der Waals surface area contributed by atoms with E-state index in [0.717, 1.165) is 12.5 Å². The summed E-state index contributed by atoms with van der Waals surface area (Å²) in [7, 11) is 0. The molecule has 2 rings (SSSR count). The topological polar surface area (TPSA) is 149 Å². The molecule has 1 aliphatic carbocycles. The van der Waals surface area contributed by atoms with Crippen molar-refractivity contribution in [3.8, 4) is 0 Å².